The summed E-state index contributed by atoms with van der Waals surface area (Å²) in [7, 11) is 0. The van der Waals surface area contributed by atoms with Crippen LogP contribution in [-0.4, -0.2) is 11.5 Å². The molecule has 0 bridgehead atoms. The zero-order valence-electron chi connectivity index (χ0n) is 9.26. The Hall–Kier alpha value is 0.440. The third-order valence-corrected chi connectivity index (χ3v) is 4.88. The lowest BCUT2D eigenvalue weighted by Gasteiger charge is -2.11. The zero-order chi connectivity index (χ0) is 10.1. The van der Waals surface area contributed by atoms with E-state index in [-0.39, 0.29) is 0 Å². The van der Waals surface area contributed by atoms with Crippen molar-refractivity contribution >= 4 is 23.5 Å². The third kappa shape index (κ3) is 6.02. The first-order valence-electron chi connectivity index (χ1n) is 5.87. The van der Waals surface area contributed by atoms with Gasteiger partial charge < -0.3 is 0 Å². The lowest BCUT2D eigenvalue weighted by Crippen LogP contribution is -1.91. The van der Waals surface area contributed by atoms with Crippen LogP contribution in [0.1, 0.15) is 51.9 Å². The fraction of sp³-hybridized carbons (Fsp3) is 0.833. The molecule has 0 unspecified atom stereocenters. The van der Waals surface area contributed by atoms with Gasteiger partial charge in [-0.25, -0.2) is 0 Å². The highest BCUT2D eigenvalue weighted by Gasteiger charge is 2.03. The van der Waals surface area contributed by atoms with Gasteiger partial charge in [-0.3, -0.25) is 0 Å². The molecular formula is C12H22S2. The smallest absolute Gasteiger partial charge is 0.00713 e. The topological polar surface area (TPSA) is 0 Å². The highest BCUT2D eigenvalue weighted by molar-refractivity contribution is 8.09. The van der Waals surface area contributed by atoms with Crippen molar-refractivity contribution in [1.82, 2.24) is 0 Å². The van der Waals surface area contributed by atoms with Crippen LogP contribution >= 0.6 is 23.5 Å². The van der Waals surface area contributed by atoms with Crippen LogP contribution in [0, 0.1) is 0 Å². The van der Waals surface area contributed by atoms with E-state index < -0.39 is 0 Å². The van der Waals surface area contributed by atoms with E-state index in [4.69, 9.17) is 0 Å². The van der Waals surface area contributed by atoms with Crippen LogP contribution in [0.2, 0.25) is 0 Å². The molecule has 0 fully saturated rings. The van der Waals surface area contributed by atoms with Crippen LogP contribution in [0.5, 0.6) is 0 Å². The van der Waals surface area contributed by atoms with Gasteiger partial charge >= 0.3 is 0 Å². The molecule has 2 heteroatoms. The average molecular weight is 230 g/mol. The summed E-state index contributed by atoms with van der Waals surface area (Å²) in [5.41, 5.74) is 0. The van der Waals surface area contributed by atoms with E-state index in [9.17, 15) is 0 Å². The molecule has 0 aromatic rings. The van der Waals surface area contributed by atoms with Crippen molar-refractivity contribution in [3.63, 3.8) is 0 Å². The van der Waals surface area contributed by atoms with Gasteiger partial charge in [0.1, 0.15) is 0 Å². The van der Waals surface area contributed by atoms with Crippen LogP contribution < -0.4 is 0 Å². The maximum atomic E-state index is 2.38. The molecule has 1 rings (SSSR count). The molecule has 14 heavy (non-hydrogen) atoms. The van der Waals surface area contributed by atoms with Crippen molar-refractivity contribution in [3.05, 3.63) is 10.3 Å². The van der Waals surface area contributed by atoms with Gasteiger partial charge in [-0.15, -0.1) is 23.5 Å². The van der Waals surface area contributed by atoms with Crippen molar-refractivity contribution in [1.29, 1.82) is 0 Å². The van der Waals surface area contributed by atoms with Gasteiger partial charge in [-0.2, -0.15) is 0 Å². The summed E-state index contributed by atoms with van der Waals surface area (Å²) in [5, 5.41) is 2.38. The number of allylic oxidation sites excluding steroid dienone is 1. The molecule has 1 aliphatic heterocycles. The first-order chi connectivity index (χ1) is 6.93. The first kappa shape index (κ1) is 12.5. The molecule has 0 radical (unpaired) electrons. The Balaban J connectivity index is 1.90. The van der Waals surface area contributed by atoms with Gasteiger partial charge in [0.25, 0.3) is 0 Å². The minimum Gasteiger partial charge on any atom is -0.132 e. The monoisotopic (exact) mass is 230 g/mol. The fourth-order valence-corrected chi connectivity index (χ4v) is 3.78. The van der Waals surface area contributed by atoms with Crippen molar-refractivity contribution in [2.24, 2.45) is 0 Å². The molecular weight excluding hydrogens is 208 g/mol. The van der Waals surface area contributed by atoms with Crippen LogP contribution in [-0.2, 0) is 0 Å². The van der Waals surface area contributed by atoms with Crippen molar-refractivity contribution in [2.45, 2.75) is 51.9 Å². The summed E-state index contributed by atoms with van der Waals surface area (Å²) in [6.45, 7) is 2.28. The van der Waals surface area contributed by atoms with Gasteiger partial charge in [-0.05, 0) is 23.2 Å². The Labute approximate surface area is 97.3 Å². The second-order valence-corrected chi connectivity index (χ2v) is 6.02. The maximum Gasteiger partial charge on any atom is 0.00713 e. The highest BCUT2D eigenvalue weighted by Crippen LogP contribution is 2.30. The third-order valence-electron chi connectivity index (χ3n) is 2.48. The predicted molar refractivity (Wildman–Crippen MR) is 71.0 cm³/mol. The molecule has 0 aliphatic carbocycles. The van der Waals surface area contributed by atoms with E-state index in [1.165, 1.54) is 56.5 Å². The number of thioether (sulfide) groups is 2. The molecule has 0 saturated heterocycles. The van der Waals surface area contributed by atoms with E-state index in [2.05, 4.69) is 24.1 Å². The number of hydrogen-bond donors (Lipinski definition) is 0. The molecule has 1 aliphatic rings. The fourth-order valence-electron chi connectivity index (χ4n) is 1.62. The predicted octanol–water partition coefficient (Wildman–Crippen LogP) is 5.06. The SMILES string of the molecule is CCCCCCCCC1=CSCCS1. The molecule has 0 spiro atoms. The van der Waals surface area contributed by atoms with Crippen LogP contribution in [0.4, 0.5) is 0 Å². The average Bonchev–Trinajstić information content (AvgIpc) is 2.25. The van der Waals surface area contributed by atoms with Gasteiger partial charge in [0.15, 0.2) is 0 Å². The summed E-state index contributed by atoms with van der Waals surface area (Å²) in [6, 6.07) is 0. The van der Waals surface area contributed by atoms with E-state index >= 15 is 0 Å². The van der Waals surface area contributed by atoms with E-state index in [1.54, 1.807) is 4.91 Å². The second-order valence-electron chi connectivity index (χ2n) is 3.82. The number of unbranched alkanes of at least 4 members (excludes halogenated alkanes) is 5. The van der Waals surface area contributed by atoms with E-state index in [0.717, 1.165) is 0 Å². The molecule has 0 aromatic heterocycles. The number of hydrogen-bond acceptors (Lipinski definition) is 2. The summed E-state index contributed by atoms with van der Waals surface area (Å²) < 4.78 is 0. The molecule has 0 saturated carbocycles. The van der Waals surface area contributed by atoms with Crippen molar-refractivity contribution < 1.29 is 0 Å². The van der Waals surface area contributed by atoms with E-state index in [0.29, 0.717) is 0 Å². The lowest BCUT2D eigenvalue weighted by molar-refractivity contribution is 0.610. The maximum absolute atomic E-state index is 2.38. The molecule has 0 nitrogen and oxygen atoms in total. The highest BCUT2D eigenvalue weighted by atomic mass is 32.2. The summed E-state index contributed by atoms with van der Waals surface area (Å²) in [4.78, 5) is 1.64. The Morgan fingerprint density at radius 1 is 1.07 bits per heavy atom. The van der Waals surface area contributed by atoms with Crippen LogP contribution in [0.25, 0.3) is 0 Å². The molecule has 0 atom stereocenters. The second kappa shape index (κ2) is 8.72. The number of rotatable bonds is 7. The lowest BCUT2D eigenvalue weighted by atomic mass is 10.1. The first-order valence-corrected chi connectivity index (χ1v) is 7.90. The summed E-state index contributed by atoms with van der Waals surface area (Å²) >= 11 is 4.06. The standard InChI is InChI=1S/C12H22S2/c1-2-3-4-5-6-7-8-12-11-13-9-10-14-12/h11H,2-10H2,1H3. The minimum atomic E-state index is 1.31. The molecule has 0 amide bonds. The largest absolute Gasteiger partial charge is 0.132 e. The molecule has 1 heterocycles. The van der Waals surface area contributed by atoms with Crippen molar-refractivity contribution in [2.75, 3.05) is 11.5 Å². The van der Waals surface area contributed by atoms with Gasteiger partial charge in [0.2, 0.25) is 0 Å². The van der Waals surface area contributed by atoms with Gasteiger partial charge in [-0.1, -0.05) is 39.0 Å². The van der Waals surface area contributed by atoms with E-state index in [1.807, 2.05) is 11.8 Å². The Morgan fingerprint density at radius 3 is 2.57 bits per heavy atom. The van der Waals surface area contributed by atoms with Crippen molar-refractivity contribution in [3.8, 4) is 0 Å². The van der Waals surface area contributed by atoms with Gasteiger partial charge in [0, 0.05) is 11.5 Å². The summed E-state index contributed by atoms with van der Waals surface area (Å²) in [5.74, 6) is 2.64. The Kier molecular flexibility index (Phi) is 7.80. The quantitative estimate of drug-likeness (QED) is 0.561. The normalized spacial score (nSPS) is 16.8. The van der Waals surface area contributed by atoms with Crippen LogP contribution in [0.3, 0.4) is 0 Å². The van der Waals surface area contributed by atoms with Crippen LogP contribution in [0.15, 0.2) is 10.3 Å². The Morgan fingerprint density at radius 2 is 1.86 bits per heavy atom. The minimum absolute atomic E-state index is 1.31. The molecule has 82 valence electrons. The molecule has 0 aromatic carbocycles. The summed E-state index contributed by atoms with van der Waals surface area (Å²) in [6.07, 6.45) is 9.84. The Bertz CT molecular complexity index is 164. The zero-order valence-corrected chi connectivity index (χ0v) is 10.9. The van der Waals surface area contributed by atoms with Gasteiger partial charge in [0.05, 0.1) is 0 Å². The molecule has 0 N–H and O–H groups in total.